The fourth-order valence-electron chi connectivity index (χ4n) is 2.66. The molecule has 1 heterocycles. The minimum absolute atomic E-state index is 0.0350. The van der Waals surface area contributed by atoms with Crippen LogP contribution in [0.1, 0.15) is 24.5 Å². The second kappa shape index (κ2) is 6.61. The monoisotopic (exact) mass is 290 g/mol. The van der Waals surface area contributed by atoms with Crippen molar-refractivity contribution in [2.75, 3.05) is 19.7 Å². The number of ether oxygens (including phenoxy) is 1. The largest absolute Gasteiger partial charge is 0.484 e. The SMILES string of the molecule is CCC1C(=O)NCCN1C(=O)COc1cc(C)cc(C)c1. The van der Waals surface area contributed by atoms with Crippen LogP contribution in [0, 0.1) is 13.8 Å². The molecule has 114 valence electrons. The summed E-state index contributed by atoms with van der Waals surface area (Å²) in [5, 5.41) is 2.78. The molecule has 1 aliphatic heterocycles. The van der Waals surface area contributed by atoms with E-state index in [1.54, 1.807) is 4.90 Å². The maximum absolute atomic E-state index is 12.3. The van der Waals surface area contributed by atoms with Crippen molar-refractivity contribution in [3.63, 3.8) is 0 Å². The van der Waals surface area contributed by atoms with Gasteiger partial charge in [0.05, 0.1) is 0 Å². The molecule has 21 heavy (non-hydrogen) atoms. The van der Waals surface area contributed by atoms with Crippen LogP contribution in [0.4, 0.5) is 0 Å². The van der Waals surface area contributed by atoms with Crippen molar-refractivity contribution >= 4 is 11.8 Å². The number of hydrogen-bond donors (Lipinski definition) is 1. The van der Waals surface area contributed by atoms with E-state index >= 15 is 0 Å². The number of nitrogens with zero attached hydrogens (tertiary/aromatic N) is 1. The molecule has 5 heteroatoms. The normalized spacial score (nSPS) is 18.3. The smallest absolute Gasteiger partial charge is 0.261 e. The molecule has 0 radical (unpaired) electrons. The molecule has 0 aromatic heterocycles. The Balaban J connectivity index is 1.99. The lowest BCUT2D eigenvalue weighted by molar-refractivity contribution is -0.144. The van der Waals surface area contributed by atoms with E-state index in [-0.39, 0.29) is 24.5 Å². The molecule has 1 saturated heterocycles. The lowest BCUT2D eigenvalue weighted by Crippen LogP contribution is -2.57. The van der Waals surface area contributed by atoms with Gasteiger partial charge in [0.15, 0.2) is 6.61 Å². The van der Waals surface area contributed by atoms with E-state index in [0.29, 0.717) is 25.3 Å². The maximum atomic E-state index is 12.3. The molecular formula is C16H22N2O3. The first kappa shape index (κ1) is 15.4. The van der Waals surface area contributed by atoms with Gasteiger partial charge >= 0.3 is 0 Å². The highest BCUT2D eigenvalue weighted by atomic mass is 16.5. The summed E-state index contributed by atoms with van der Waals surface area (Å²) in [6.45, 7) is 6.89. The Kier molecular flexibility index (Phi) is 4.83. The van der Waals surface area contributed by atoms with Crippen LogP contribution < -0.4 is 10.1 Å². The minimum atomic E-state index is -0.380. The molecular weight excluding hydrogens is 268 g/mol. The zero-order valence-corrected chi connectivity index (χ0v) is 12.8. The fourth-order valence-corrected chi connectivity index (χ4v) is 2.66. The van der Waals surface area contributed by atoms with Gasteiger partial charge in [0.2, 0.25) is 5.91 Å². The van der Waals surface area contributed by atoms with Crippen LogP contribution in [0.5, 0.6) is 5.75 Å². The lowest BCUT2D eigenvalue weighted by Gasteiger charge is -2.34. The van der Waals surface area contributed by atoms with Crippen molar-refractivity contribution < 1.29 is 14.3 Å². The van der Waals surface area contributed by atoms with Crippen molar-refractivity contribution in [2.45, 2.75) is 33.2 Å². The molecule has 0 spiro atoms. The second-order valence-electron chi connectivity index (χ2n) is 5.41. The summed E-state index contributed by atoms with van der Waals surface area (Å²) >= 11 is 0. The van der Waals surface area contributed by atoms with E-state index < -0.39 is 0 Å². The molecule has 1 unspecified atom stereocenters. The topological polar surface area (TPSA) is 58.6 Å². The number of amides is 2. The summed E-state index contributed by atoms with van der Waals surface area (Å²) in [5.41, 5.74) is 2.20. The van der Waals surface area contributed by atoms with Gasteiger partial charge in [-0.05, 0) is 43.5 Å². The highest BCUT2D eigenvalue weighted by Crippen LogP contribution is 2.17. The van der Waals surface area contributed by atoms with E-state index in [4.69, 9.17) is 4.74 Å². The first-order valence-electron chi connectivity index (χ1n) is 7.29. The van der Waals surface area contributed by atoms with Crippen LogP contribution in [0.3, 0.4) is 0 Å². The fraction of sp³-hybridized carbons (Fsp3) is 0.500. The number of carbonyl (C=O) groups excluding carboxylic acids is 2. The van der Waals surface area contributed by atoms with Gasteiger partial charge in [-0.15, -0.1) is 0 Å². The third-order valence-corrected chi connectivity index (χ3v) is 3.60. The second-order valence-corrected chi connectivity index (χ2v) is 5.41. The molecule has 2 amide bonds. The molecule has 1 aromatic rings. The van der Waals surface area contributed by atoms with E-state index in [0.717, 1.165) is 11.1 Å². The van der Waals surface area contributed by atoms with Crippen LogP contribution >= 0.6 is 0 Å². The molecule has 1 aliphatic rings. The first-order valence-corrected chi connectivity index (χ1v) is 7.29. The first-order chi connectivity index (χ1) is 10.0. The van der Waals surface area contributed by atoms with Gasteiger partial charge < -0.3 is 15.0 Å². The molecule has 2 rings (SSSR count). The third-order valence-electron chi connectivity index (χ3n) is 3.60. The van der Waals surface area contributed by atoms with Crippen LogP contribution in [-0.4, -0.2) is 42.5 Å². The number of piperazine rings is 1. The van der Waals surface area contributed by atoms with E-state index in [1.165, 1.54) is 0 Å². The average molecular weight is 290 g/mol. The summed E-state index contributed by atoms with van der Waals surface area (Å²) in [6.07, 6.45) is 0.612. The van der Waals surface area contributed by atoms with E-state index in [2.05, 4.69) is 11.4 Å². The zero-order valence-electron chi connectivity index (χ0n) is 12.8. The van der Waals surface area contributed by atoms with Crippen molar-refractivity contribution in [3.05, 3.63) is 29.3 Å². The average Bonchev–Trinajstić information content (AvgIpc) is 2.43. The minimum Gasteiger partial charge on any atom is -0.484 e. The summed E-state index contributed by atoms with van der Waals surface area (Å²) in [7, 11) is 0. The van der Waals surface area contributed by atoms with Gasteiger partial charge in [-0.3, -0.25) is 9.59 Å². The maximum Gasteiger partial charge on any atom is 0.261 e. The van der Waals surface area contributed by atoms with E-state index in [1.807, 2.05) is 32.9 Å². The van der Waals surface area contributed by atoms with Gasteiger partial charge in [0.1, 0.15) is 11.8 Å². The highest BCUT2D eigenvalue weighted by molar-refractivity contribution is 5.89. The number of aryl methyl sites for hydroxylation is 2. The Morgan fingerprint density at radius 3 is 2.62 bits per heavy atom. The van der Waals surface area contributed by atoms with Crippen LogP contribution in [0.15, 0.2) is 18.2 Å². The lowest BCUT2D eigenvalue weighted by atomic mass is 10.1. The van der Waals surface area contributed by atoms with Crippen molar-refractivity contribution in [2.24, 2.45) is 0 Å². The summed E-state index contributed by atoms with van der Waals surface area (Å²) in [5.74, 6) is 0.467. The Morgan fingerprint density at radius 1 is 1.33 bits per heavy atom. The van der Waals surface area contributed by atoms with Gasteiger partial charge in [-0.25, -0.2) is 0 Å². The van der Waals surface area contributed by atoms with Crippen LogP contribution in [0.2, 0.25) is 0 Å². The van der Waals surface area contributed by atoms with E-state index in [9.17, 15) is 9.59 Å². The van der Waals surface area contributed by atoms with Crippen molar-refractivity contribution in [1.82, 2.24) is 10.2 Å². The molecule has 0 aliphatic carbocycles. The van der Waals surface area contributed by atoms with Gasteiger partial charge in [-0.2, -0.15) is 0 Å². The predicted octanol–water partition coefficient (Wildman–Crippen LogP) is 1.42. The Hall–Kier alpha value is -2.04. The van der Waals surface area contributed by atoms with Crippen LogP contribution in [0.25, 0.3) is 0 Å². The van der Waals surface area contributed by atoms with Crippen molar-refractivity contribution in [3.8, 4) is 5.75 Å². The zero-order chi connectivity index (χ0) is 15.4. The predicted molar refractivity (Wildman–Crippen MR) is 80.2 cm³/mol. The summed E-state index contributed by atoms with van der Waals surface area (Å²) < 4.78 is 5.59. The molecule has 5 nitrogen and oxygen atoms in total. The summed E-state index contributed by atoms with van der Waals surface area (Å²) in [4.78, 5) is 25.6. The Bertz CT molecular complexity index is 522. The van der Waals surface area contributed by atoms with Gasteiger partial charge in [0.25, 0.3) is 5.91 Å². The quantitative estimate of drug-likeness (QED) is 0.912. The molecule has 1 fully saturated rings. The molecule has 0 bridgehead atoms. The number of nitrogens with one attached hydrogen (secondary N) is 1. The highest BCUT2D eigenvalue weighted by Gasteiger charge is 2.31. The number of hydrogen-bond acceptors (Lipinski definition) is 3. The summed E-state index contributed by atoms with van der Waals surface area (Å²) in [6, 6.07) is 5.48. The number of carbonyl (C=O) groups is 2. The Morgan fingerprint density at radius 2 is 2.00 bits per heavy atom. The van der Waals surface area contributed by atoms with Gasteiger partial charge in [-0.1, -0.05) is 13.0 Å². The molecule has 1 N–H and O–H groups in total. The Labute approximate surface area is 125 Å². The molecule has 1 atom stereocenters. The van der Waals surface area contributed by atoms with Crippen LogP contribution in [-0.2, 0) is 9.59 Å². The third kappa shape index (κ3) is 3.74. The van der Waals surface area contributed by atoms with Crippen molar-refractivity contribution in [1.29, 1.82) is 0 Å². The molecule has 1 aromatic carbocycles. The van der Waals surface area contributed by atoms with Gasteiger partial charge in [0, 0.05) is 13.1 Å². The standard InChI is InChI=1S/C16H22N2O3/c1-4-14-16(20)17-5-6-18(14)15(19)10-21-13-8-11(2)7-12(3)9-13/h7-9,14H,4-6,10H2,1-3H3,(H,17,20). The number of benzene rings is 1. The molecule has 0 saturated carbocycles. The number of rotatable bonds is 4.